The van der Waals surface area contributed by atoms with Gasteiger partial charge in [0.1, 0.15) is 0 Å². The highest BCUT2D eigenvalue weighted by atomic mass is 28.5. The summed E-state index contributed by atoms with van der Waals surface area (Å²) in [4.78, 5) is 0. The van der Waals surface area contributed by atoms with Crippen LogP contribution >= 0.6 is 0 Å². The number of rotatable bonds is 9. The van der Waals surface area contributed by atoms with Crippen LogP contribution in [0.25, 0.3) is 0 Å². The van der Waals surface area contributed by atoms with E-state index in [1.807, 2.05) is 0 Å². The maximum atomic E-state index is 6.52. The van der Waals surface area contributed by atoms with Gasteiger partial charge in [-0.25, -0.2) is 0 Å². The summed E-state index contributed by atoms with van der Waals surface area (Å²) < 4.78 is 18.8. The normalized spacial score (nSPS) is 15.6. The molecule has 1 unspecified atom stereocenters. The van der Waals surface area contributed by atoms with Gasteiger partial charge in [-0.1, -0.05) is 13.8 Å². The van der Waals surface area contributed by atoms with Gasteiger partial charge in [0.05, 0.1) is 5.73 Å². The topological polar surface area (TPSA) is 27.7 Å². The van der Waals surface area contributed by atoms with E-state index in [1.54, 1.807) is 0 Å². The molecular weight excluding hydrogens is 288 g/mol. The highest BCUT2D eigenvalue weighted by molar-refractivity contribution is 6.87. The quantitative estimate of drug-likeness (QED) is 0.585. The van der Waals surface area contributed by atoms with Crippen molar-refractivity contribution >= 4 is 25.2 Å². The van der Waals surface area contributed by atoms with Gasteiger partial charge in [0.25, 0.3) is 0 Å². The Morgan fingerprint density at radius 3 is 1.74 bits per heavy atom. The third-order valence-electron chi connectivity index (χ3n) is 2.73. The molecule has 116 valence electrons. The molecule has 0 heterocycles. The van der Waals surface area contributed by atoms with Crippen molar-refractivity contribution in [2.75, 3.05) is 6.61 Å². The molecule has 0 amide bonds. The van der Waals surface area contributed by atoms with Crippen molar-refractivity contribution in [3.63, 3.8) is 0 Å². The average molecular weight is 323 g/mol. The highest BCUT2D eigenvalue weighted by Gasteiger charge is 2.42. The molecule has 0 aliphatic carbocycles. The Kier molecular flexibility index (Phi) is 7.72. The SMILES string of the molecule is CCCOC(CC)[Si](C)(C)O[Si](C)(C)O[Si](C)(C)C. The lowest BCUT2D eigenvalue weighted by atomic mass is 10.5. The van der Waals surface area contributed by atoms with E-state index in [9.17, 15) is 0 Å². The monoisotopic (exact) mass is 322 g/mol. The molecule has 6 heteroatoms. The maximum Gasteiger partial charge on any atom is 0.311 e. The molecule has 3 nitrogen and oxygen atoms in total. The van der Waals surface area contributed by atoms with Crippen molar-refractivity contribution in [1.29, 1.82) is 0 Å². The molecular formula is C13H34O3Si3. The Bertz CT molecular complexity index is 262. The molecule has 19 heavy (non-hydrogen) atoms. The molecule has 0 bridgehead atoms. The van der Waals surface area contributed by atoms with Crippen LogP contribution in [-0.4, -0.2) is 37.5 Å². The third kappa shape index (κ3) is 8.41. The standard InChI is InChI=1S/C13H34O3Si3/c1-10-12-14-13(11-2)18(6,7)16-19(8,9)15-17(3,4)5/h13H,10-12H2,1-9H3. The fourth-order valence-electron chi connectivity index (χ4n) is 2.53. The van der Waals surface area contributed by atoms with Gasteiger partial charge in [0, 0.05) is 6.61 Å². The fourth-order valence-corrected chi connectivity index (χ4v) is 16.1. The van der Waals surface area contributed by atoms with Gasteiger partial charge < -0.3 is 13.0 Å². The van der Waals surface area contributed by atoms with Crippen LogP contribution in [0.2, 0.25) is 45.8 Å². The van der Waals surface area contributed by atoms with E-state index >= 15 is 0 Å². The Labute approximate surface area is 123 Å². The van der Waals surface area contributed by atoms with Gasteiger partial charge in [-0.15, -0.1) is 0 Å². The van der Waals surface area contributed by atoms with E-state index in [-0.39, 0.29) is 5.73 Å². The first-order chi connectivity index (χ1) is 8.43. The largest absolute Gasteiger partial charge is 0.437 e. The van der Waals surface area contributed by atoms with E-state index < -0.39 is 25.2 Å². The van der Waals surface area contributed by atoms with Crippen molar-refractivity contribution in [2.24, 2.45) is 0 Å². The molecule has 0 fully saturated rings. The number of hydrogen-bond donors (Lipinski definition) is 0. The first-order valence-electron chi connectivity index (χ1n) is 7.45. The lowest BCUT2D eigenvalue weighted by Gasteiger charge is -2.40. The van der Waals surface area contributed by atoms with Gasteiger partial charge in [-0.2, -0.15) is 0 Å². The molecule has 0 N–H and O–H groups in total. The first-order valence-corrected chi connectivity index (χ1v) is 16.7. The zero-order chi connectivity index (χ0) is 15.3. The summed E-state index contributed by atoms with van der Waals surface area (Å²) in [6.45, 7) is 20.7. The lowest BCUT2D eigenvalue weighted by Crippen LogP contribution is -2.56. The molecule has 0 saturated carbocycles. The van der Waals surface area contributed by atoms with Crippen LogP contribution in [0.3, 0.4) is 0 Å². The van der Waals surface area contributed by atoms with Crippen LogP contribution in [-0.2, 0) is 13.0 Å². The minimum Gasteiger partial charge on any atom is -0.437 e. The molecule has 0 rings (SSSR count). The molecule has 0 spiro atoms. The zero-order valence-corrected chi connectivity index (χ0v) is 17.4. The van der Waals surface area contributed by atoms with Crippen LogP contribution in [0.15, 0.2) is 0 Å². The van der Waals surface area contributed by atoms with Crippen molar-refractivity contribution in [1.82, 2.24) is 0 Å². The average Bonchev–Trinajstić information content (AvgIpc) is 2.12. The molecule has 0 aliphatic heterocycles. The predicted octanol–water partition coefficient (Wildman–Crippen LogP) is 4.51. The second kappa shape index (κ2) is 7.51. The summed E-state index contributed by atoms with van der Waals surface area (Å²) in [5.74, 6) is 0. The van der Waals surface area contributed by atoms with Crippen molar-refractivity contribution in [2.45, 2.75) is 78.2 Å². The molecule has 0 aromatic carbocycles. The van der Waals surface area contributed by atoms with Gasteiger partial charge in [-0.3, -0.25) is 0 Å². The van der Waals surface area contributed by atoms with Crippen molar-refractivity contribution in [3.8, 4) is 0 Å². The molecule has 1 atom stereocenters. The smallest absolute Gasteiger partial charge is 0.311 e. The van der Waals surface area contributed by atoms with Crippen LogP contribution < -0.4 is 0 Å². The highest BCUT2D eigenvalue weighted by Crippen LogP contribution is 2.25. The fraction of sp³-hybridized carbons (Fsp3) is 1.00. The number of hydrogen-bond acceptors (Lipinski definition) is 3. The first kappa shape index (κ1) is 19.5. The maximum absolute atomic E-state index is 6.52. The predicted molar refractivity (Wildman–Crippen MR) is 90.8 cm³/mol. The van der Waals surface area contributed by atoms with E-state index in [0.717, 1.165) is 19.4 Å². The Hall–Kier alpha value is 0.531. The van der Waals surface area contributed by atoms with Crippen LogP contribution in [0.5, 0.6) is 0 Å². The molecule has 0 aliphatic rings. The van der Waals surface area contributed by atoms with Gasteiger partial charge >= 0.3 is 8.56 Å². The van der Waals surface area contributed by atoms with Crippen LogP contribution in [0.1, 0.15) is 26.7 Å². The minimum atomic E-state index is -2.05. The summed E-state index contributed by atoms with van der Waals surface area (Å²) in [5, 5.41) is 0. The Morgan fingerprint density at radius 1 is 0.842 bits per heavy atom. The summed E-state index contributed by atoms with van der Waals surface area (Å²) in [5.41, 5.74) is 0.268. The Morgan fingerprint density at radius 2 is 1.37 bits per heavy atom. The lowest BCUT2D eigenvalue weighted by molar-refractivity contribution is 0.0870. The molecule has 0 aromatic rings. The van der Waals surface area contributed by atoms with Crippen LogP contribution in [0, 0.1) is 0 Å². The summed E-state index contributed by atoms with van der Waals surface area (Å²) in [6.07, 6.45) is 2.09. The second-order valence-electron chi connectivity index (χ2n) is 7.09. The molecule has 0 aromatic heterocycles. The summed E-state index contributed by atoms with van der Waals surface area (Å²) in [7, 11) is -5.46. The third-order valence-corrected chi connectivity index (χ3v) is 13.3. The van der Waals surface area contributed by atoms with Crippen molar-refractivity contribution < 1.29 is 13.0 Å². The summed E-state index contributed by atoms with van der Waals surface area (Å²) >= 11 is 0. The van der Waals surface area contributed by atoms with Gasteiger partial charge in [0.2, 0.25) is 8.32 Å². The number of ether oxygens (including phenoxy) is 1. The second-order valence-corrected chi connectivity index (χ2v) is 19.6. The van der Waals surface area contributed by atoms with Crippen LogP contribution in [0.4, 0.5) is 0 Å². The van der Waals surface area contributed by atoms with Gasteiger partial charge in [-0.05, 0) is 58.7 Å². The van der Waals surface area contributed by atoms with Crippen molar-refractivity contribution in [3.05, 3.63) is 0 Å². The summed E-state index contributed by atoms with van der Waals surface area (Å²) in [6, 6.07) is 0. The zero-order valence-electron chi connectivity index (χ0n) is 14.4. The Balaban J connectivity index is 4.71. The van der Waals surface area contributed by atoms with E-state index in [2.05, 4.69) is 59.7 Å². The van der Waals surface area contributed by atoms with E-state index in [4.69, 9.17) is 13.0 Å². The van der Waals surface area contributed by atoms with Gasteiger partial charge in [0.15, 0.2) is 8.32 Å². The van der Waals surface area contributed by atoms with E-state index in [1.165, 1.54) is 0 Å². The molecule has 0 radical (unpaired) electrons. The minimum absolute atomic E-state index is 0.268. The molecule has 0 saturated heterocycles. The van der Waals surface area contributed by atoms with E-state index in [0.29, 0.717) is 0 Å².